The number of rotatable bonds is 9. The Morgan fingerprint density at radius 2 is 1.63 bits per heavy atom. The number of unbranched alkanes of at least 4 members (excludes halogenated alkanes) is 6. The Morgan fingerprint density at radius 3 is 2.32 bits per heavy atom. The van der Waals surface area contributed by atoms with Crippen molar-refractivity contribution < 1.29 is 4.79 Å². The monoisotopic (exact) mass is 262 g/mol. The predicted octanol–water partition coefficient (Wildman–Crippen LogP) is 4.42. The molecule has 0 aliphatic heterocycles. The van der Waals surface area contributed by atoms with Crippen LogP contribution in [0.15, 0.2) is 6.07 Å². The fourth-order valence-electron chi connectivity index (χ4n) is 2.21. The number of carbonyl (C=O) groups excluding carboxylic acids is 1. The molecule has 0 aliphatic rings. The summed E-state index contributed by atoms with van der Waals surface area (Å²) in [4.78, 5) is 12.1. The van der Waals surface area contributed by atoms with Crippen molar-refractivity contribution in [2.24, 2.45) is 0 Å². The average Bonchev–Trinajstić information content (AvgIpc) is 2.40. The van der Waals surface area contributed by atoms with Gasteiger partial charge in [0.25, 0.3) is 0 Å². The van der Waals surface area contributed by atoms with E-state index >= 15 is 0 Å². The molecule has 19 heavy (non-hydrogen) atoms. The Morgan fingerprint density at radius 1 is 1.00 bits per heavy atom. The van der Waals surface area contributed by atoms with Crippen molar-refractivity contribution in [3.8, 4) is 0 Å². The standard InChI is InChI=1S/C16H26N2O/c1-4-5-6-7-8-9-10-11-16(19)15-12-13(2)17-18-14(15)3/h12H,4-11H2,1-3H3. The highest BCUT2D eigenvalue weighted by atomic mass is 16.1. The van der Waals surface area contributed by atoms with Crippen molar-refractivity contribution in [2.45, 2.75) is 72.1 Å². The van der Waals surface area contributed by atoms with Crippen LogP contribution in [0.1, 0.15) is 80.0 Å². The van der Waals surface area contributed by atoms with Crippen molar-refractivity contribution in [3.63, 3.8) is 0 Å². The predicted molar refractivity (Wildman–Crippen MR) is 78.4 cm³/mol. The molecule has 0 bridgehead atoms. The molecule has 3 nitrogen and oxygen atoms in total. The van der Waals surface area contributed by atoms with E-state index < -0.39 is 0 Å². The van der Waals surface area contributed by atoms with E-state index in [1.54, 1.807) is 0 Å². The molecule has 3 heteroatoms. The zero-order valence-corrected chi connectivity index (χ0v) is 12.5. The average molecular weight is 262 g/mol. The van der Waals surface area contributed by atoms with Crippen LogP contribution in [0.5, 0.6) is 0 Å². The maximum atomic E-state index is 12.1. The molecule has 0 unspecified atom stereocenters. The van der Waals surface area contributed by atoms with Crippen LogP contribution in [0, 0.1) is 13.8 Å². The second-order valence-corrected chi connectivity index (χ2v) is 5.28. The van der Waals surface area contributed by atoms with E-state index in [9.17, 15) is 4.79 Å². The number of ketones is 1. The van der Waals surface area contributed by atoms with Gasteiger partial charge in [-0.1, -0.05) is 45.4 Å². The third kappa shape index (κ3) is 5.95. The molecule has 0 saturated carbocycles. The lowest BCUT2D eigenvalue weighted by atomic mass is 10.0. The van der Waals surface area contributed by atoms with Gasteiger partial charge in [0, 0.05) is 12.0 Å². The van der Waals surface area contributed by atoms with Crippen molar-refractivity contribution in [1.29, 1.82) is 0 Å². The summed E-state index contributed by atoms with van der Waals surface area (Å²) < 4.78 is 0. The molecule has 0 saturated heterocycles. The molecular weight excluding hydrogens is 236 g/mol. The van der Waals surface area contributed by atoms with Gasteiger partial charge in [-0.3, -0.25) is 4.79 Å². The molecule has 106 valence electrons. The Bertz CT molecular complexity index is 402. The second-order valence-electron chi connectivity index (χ2n) is 5.28. The van der Waals surface area contributed by atoms with Gasteiger partial charge in [-0.2, -0.15) is 10.2 Å². The van der Waals surface area contributed by atoms with Crippen LogP contribution in [0.25, 0.3) is 0 Å². The van der Waals surface area contributed by atoms with Crippen molar-refractivity contribution in [1.82, 2.24) is 10.2 Å². The number of aryl methyl sites for hydroxylation is 2. The van der Waals surface area contributed by atoms with Crippen molar-refractivity contribution >= 4 is 5.78 Å². The summed E-state index contributed by atoms with van der Waals surface area (Å²) in [6.45, 7) is 5.95. The number of nitrogens with zero attached hydrogens (tertiary/aromatic N) is 2. The molecule has 0 aromatic carbocycles. The van der Waals surface area contributed by atoms with Gasteiger partial charge < -0.3 is 0 Å². The van der Waals surface area contributed by atoms with E-state index in [0.29, 0.717) is 6.42 Å². The Labute approximate surface area is 116 Å². The second kappa shape index (κ2) is 8.78. The molecule has 0 N–H and O–H groups in total. The van der Waals surface area contributed by atoms with Gasteiger partial charge in [0.15, 0.2) is 5.78 Å². The minimum Gasteiger partial charge on any atom is -0.294 e. The van der Waals surface area contributed by atoms with Gasteiger partial charge in [-0.05, 0) is 26.3 Å². The van der Waals surface area contributed by atoms with E-state index in [0.717, 1.165) is 29.8 Å². The maximum Gasteiger partial charge on any atom is 0.164 e. The van der Waals surface area contributed by atoms with Gasteiger partial charge in [0.05, 0.1) is 11.4 Å². The number of Topliss-reactive ketones (excluding diaryl/α,β-unsaturated/α-hetero) is 1. The van der Waals surface area contributed by atoms with Gasteiger partial charge >= 0.3 is 0 Å². The summed E-state index contributed by atoms with van der Waals surface area (Å²) >= 11 is 0. The van der Waals surface area contributed by atoms with Crippen LogP contribution in [-0.4, -0.2) is 16.0 Å². The number of carbonyl (C=O) groups is 1. The Balaban J connectivity index is 2.26. The van der Waals surface area contributed by atoms with Crippen LogP contribution < -0.4 is 0 Å². The molecule has 0 fully saturated rings. The molecule has 0 aliphatic carbocycles. The Kier molecular flexibility index (Phi) is 7.31. The topological polar surface area (TPSA) is 42.9 Å². The molecule has 0 spiro atoms. The zero-order chi connectivity index (χ0) is 14.1. The first-order valence-corrected chi connectivity index (χ1v) is 7.49. The molecule has 1 aromatic heterocycles. The van der Waals surface area contributed by atoms with E-state index in [-0.39, 0.29) is 5.78 Å². The van der Waals surface area contributed by atoms with Crippen LogP contribution in [0.4, 0.5) is 0 Å². The summed E-state index contributed by atoms with van der Waals surface area (Å²) in [5.74, 6) is 0.212. The quantitative estimate of drug-likeness (QED) is 0.489. The number of aromatic nitrogens is 2. The lowest BCUT2D eigenvalue weighted by molar-refractivity contribution is 0.0977. The third-order valence-electron chi connectivity index (χ3n) is 3.41. The largest absolute Gasteiger partial charge is 0.294 e. The van der Waals surface area contributed by atoms with E-state index in [4.69, 9.17) is 0 Å². The summed E-state index contributed by atoms with van der Waals surface area (Å²) in [5, 5.41) is 7.96. The van der Waals surface area contributed by atoms with Gasteiger partial charge in [-0.15, -0.1) is 0 Å². The van der Waals surface area contributed by atoms with E-state index in [2.05, 4.69) is 17.1 Å². The molecule has 1 aromatic rings. The smallest absolute Gasteiger partial charge is 0.164 e. The number of hydrogen-bond donors (Lipinski definition) is 0. The van der Waals surface area contributed by atoms with E-state index in [1.807, 2.05) is 19.9 Å². The lowest BCUT2D eigenvalue weighted by Gasteiger charge is -2.05. The molecular formula is C16H26N2O. The highest BCUT2D eigenvalue weighted by molar-refractivity contribution is 5.96. The SMILES string of the molecule is CCCCCCCCCC(=O)c1cc(C)nnc1C. The zero-order valence-electron chi connectivity index (χ0n) is 12.5. The number of hydrogen-bond acceptors (Lipinski definition) is 3. The molecule has 1 rings (SSSR count). The van der Waals surface area contributed by atoms with Crippen LogP contribution >= 0.6 is 0 Å². The Hall–Kier alpha value is -1.25. The first kappa shape index (κ1) is 15.8. The van der Waals surface area contributed by atoms with Crippen LogP contribution in [-0.2, 0) is 0 Å². The van der Waals surface area contributed by atoms with E-state index in [1.165, 1.54) is 32.1 Å². The maximum absolute atomic E-state index is 12.1. The highest BCUT2D eigenvalue weighted by Crippen LogP contribution is 2.13. The summed E-state index contributed by atoms with van der Waals surface area (Å²) in [6.07, 6.45) is 9.29. The first-order chi connectivity index (χ1) is 9.15. The summed E-state index contributed by atoms with van der Waals surface area (Å²) in [5.41, 5.74) is 2.31. The molecule has 0 radical (unpaired) electrons. The highest BCUT2D eigenvalue weighted by Gasteiger charge is 2.10. The van der Waals surface area contributed by atoms with Gasteiger partial charge in [-0.25, -0.2) is 0 Å². The van der Waals surface area contributed by atoms with Crippen LogP contribution in [0.3, 0.4) is 0 Å². The van der Waals surface area contributed by atoms with Gasteiger partial charge in [0.1, 0.15) is 0 Å². The third-order valence-corrected chi connectivity index (χ3v) is 3.41. The first-order valence-electron chi connectivity index (χ1n) is 7.49. The van der Waals surface area contributed by atoms with Crippen molar-refractivity contribution in [3.05, 3.63) is 23.0 Å². The minimum absolute atomic E-state index is 0.212. The molecule has 0 amide bonds. The lowest BCUT2D eigenvalue weighted by Crippen LogP contribution is -2.05. The fraction of sp³-hybridized carbons (Fsp3) is 0.688. The summed E-state index contributed by atoms with van der Waals surface area (Å²) in [6, 6.07) is 1.85. The van der Waals surface area contributed by atoms with Crippen molar-refractivity contribution in [2.75, 3.05) is 0 Å². The summed E-state index contributed by atoms with van der Waals surface area (Å²) in [7, 11) is 0. The minimum atomic E-state index is 0.212. The normalized spacial score (nSPS) is 10.7. The molecule has 1 heterocycles. The molecule has 0 atom stereocenters. The fourth-order valence-corrected chi connectivity index (χ4v) is 2.21. The van der Waals surface area contributed by atoms with Crippen LogP contribution in [0.2, 0.25) is 0 Å². The van der Waals surface area contributed by atoms with Gasteiger partial charge in [0.2, 0.25) is 0 Å².